The predicted octanol–water partition coefficient (Wildman–Crippen LogP) is 2.99. The Morgan fingerprint density at radius 1 is 0.944 bits per heavy atom. The summed E-state index contributed by atoms with van der Waals surface area (Å²) >= 11 is 0. The normalized spacial score (nSPS) is 10.2. The van der Waals surface area contributed by atoms with Crippen LogP contribution in [0.25, 0.3) is 0 Å². The second-order valence-corrected chi connectivity index (χ2v) is 4.19. The molecule has 0 bridgehead atoms. The topological polar surface area (TPSA) is 55.5 Å². The fourth-order valence-electron chi connectivity index (χ4n) is 1.69. The monoisotopic (exact) mass is 243 g/mol. The van der Waals surface area contributed by atoms with E-state index < -0.39 is 0 Å². The number of nitrogens with two attached hydrogens (primary N) is 1. The lowest BCUT2D eigenvalue weighted by molar-refractivity contribution is 0.311. The van der Waals surface area contributed by atoms with Crippen molar-refractivity contribution < 1.29 is 9.84 Å². The standard InChI is InChI=1S/C15H17NO2/c16-13-5-9-15(10-6-13)18-11-1-2-12-3-7-14(17)8-4-12/h3-10,17H,1-2,11,16H2. The fraction of sp³-hybridized carbons (Fsp3) is 0.200. The Hall–Kier alpha value is -2.16. The number of aromatic hydroxyl groups is 1. The summed E-state index contributed by atoms with van der Waals surface area (Å²) in [6.45, 7) is 0.671. The van der Waals surface area contributed by atoms with Crippen LogP contribution in [0.3, 0.4) is 0 Å². The molecule has 0 atom stereocenters. The van der Waals surface area contributed by atoms with Gasteiger partial charge in [-0.25, -0.2) is 0 Å². The van der Waals surface area contributed by atoms with E-state index in [1.807, 2.05) is 36.4 Å². The third-order valence-corrected chi connectivity index (χ3v) is 2.69. The van der Waals surface area contributed by atoms with Crippen LogP contribution in [0.4, 0.5) is 5.69 Å². The molecule has 0 aliphatic heterocycles. The van der Waals surface area contributed by atoms with Crippen LogP contribution in [0, 0.1) is 0 Å². The van der Waals surface area contributed by atoms with E-state index in [4.69, 9.17) is 15.6 Å². The van der Waals surface area contributed by atoms with E-state index in [-0.39, 0.29) is 0 Å². The second kappa shape index (κ2) is 5.96. The van der Waals surface area contributed by atoms with Gasteiger partial charge in [0, 0.05) is 5.69 Å². The van der Waals surface area contributed by atoms with Crippen molar-refractivity contribution in [2.45, 2.75) is 12.8 Å². The molecule has 0 fully saturated rings. The van der Waals surface area contributed by atoms with Gasteiger partial charge >= 0.3 is 0 Å². The molecular formula is C15H17NO2. The summed E-state index contributed by atoms with van der Waals surface area (Å²) in [6, 6.07) is 14.7. The van der Waals surface area contributed by atoms with Gasteiger partial charge in [0.1, 0.15) is 11.5 Å². The summed E-state index contributed by atoms with van der Waals surface area (Å²) < 4.78 is 5.60. The lowest BCUT2D eigenvalue weighted by atomic mass is 10.1. The van der Waals surface area contributed by atoms with Crippen LogP contribution in [0.5, 0.6) is 11.5 Å². The second-order valence-electron chi connectivity index (χ2n) is 4.19. The van der Waals surface area contributed by atoms with Crippen LogP contribution in [-0.4, -0.2) is 11.7 Å². The highest BCUT2D eigenvalue weighted by molar-refractivity contribution is 5.41. The molecule has 0 saturated carbocycles. The number of nitrogen functional groups attached to an aromatic ring is 1. The van der Waals surface area contributed by atoms with Crippen molar-refractivity contribution in [2.24, 2.45) is 0 Å². The van der Waals surface area contributed by atoms with Gasteiger partial charge in [-0.05, 0) is 54.8 Å². The third kappa shape index (κ3) is 3.70. The summed E-state index contributed by atoms with van der Waals surface area (Å²) in [7, 11) is 0. The molecule has 18 heavy (non-hydrogen) atoms. The Kier molecular flexibility index (Phi) is 4.07. The van der Waals surface area contributed by atoms with Gasteiger partial charge in [0.25, 0.3) is 0 Å². The SMILES string of the molecule is Nc1ccc(OCCCc2ccc(O)cc2)cc1. The Morgan fingerprint density at radius 2 is 1.61 bits per heavy atom. The molecule has 2 aromatic carbocycles. The number of benzene rings is 2. The molecule has 3 heteroatoms. The Morgan fingerprint density at radius 3 is 2.28 bits per heavy atom. The molecule has 0 aromatic heterocycles. The van der Waals surface area contributed by atoms with E-state index in [9.17, 15) is 0 Å². The summed E-state index contributed by atoms with van der Waals surface area (Å²) in [5.74, 6) is 1.15. The molecule has 0 spiro atoms. The molecule has 0 unspecified atom stereocenters. The molecular weight excluding hydrogens is 226 g/mol. The van der Waals surface area contributed by atoms with Crippen molar-refractivity contribution >= 4 is 5.69 Å². The maximum atomic E-state index is 9.16. The minimum absolute atomic E-state index is 0.303. The van der Waals surface area contributed by atoms with Gasteiger partial charge in [-0.2, -0.15) is 0 Å². The highest BCUT2D eigenvalue weighted by Gasteiger charge is 1.96. The molecule has 94 valence electrons. The van der Waals surface area contributed by atoms with Gasteiger partial charge in [0.15, 0.2) is 0 Å². The van der Waals surface area contributed by atoms with Crippen molar-refractivity contribution in [3.8, 4) is 11.5 Å². The minimum atomic E-state index is 0.303. The molecule has 0 aliphatic rings. The lowest BCUT2D eigenvalue weighted by Crippen LogP contribution is -1.99. The molecule has 3 N–H and O–H groups in total. The third-order valence-electron chi connectivity index (χ3n) is 2.69. The Labute approximate surface area is 107 Å². The first kappa shape index (κ1) is 12.3. The quantitative estimate of drug-likeness (QED) is 0.627. The number of hydrogen-bond acceptors (Lipinski definition) is 3. The van der Waals surface area contributed by atoms with E-state index in [0.717, 1.165) is 24.3 Å². The zero-order chi connectivity index (χ0) is 12.8. The summed E-state index contributed by atoms with van der Waals surface area (Å²) in [5, 5.41) is 9.16. The molecule has 0 saturated heterocycles. The van der Waals surface area contributed by atoms with Crippen molar-refractivity contribution in [2.75, 3.05) is 12.3 Å². The van der Waals surface area contributed by atoms with E-state index in [1.165, 1.54) is 5.56 Å². The first-order valence-corrected chi connectivity index (χ1v) is 6.00. The van der Waals surface area contributed by atoms with Crippen LogP contribution in [-0.2, 0) is 6.42 Å². The van der Waals surface area contributed by atoms with Crippen molar-refractivity contribution in [1.29, 1.82) is 0 Å². The number of anilines is 1. The van der Waals surface area contributed by atoms with Crippen LogP contribution < -0.4 is 10.5 Å². The molecule has 0 radical (unpaired) electrons. The zero-order valence-corrected chi connectivity index (χ0v) is 10.2. The first-order valence-electron chi connectivity index (χ1n) is 6.00. The van der Waals surface area contributed by atoms with Crippen LogP contribution in [0.15, 0.2) is 48.5 Å². The Bertz CT molecular complexity index is 429. The van der Waals surface area contributed by atoms with Gasteiger partial charge in [0.2, 0.25) is 0 Å². The molecule has 3 nitrogen and oxygen atoms in total. The number of hydrogen-bond donors (Lipinski definition) is 2. The van der Waals surface area contributed by atoms with E-state index in [2.05, 4.69) is 0 Å². The van der Waals surface area contributed by atoms with E-state index in [0.29, 0.717) is 12.4 Å². The van der Waals surface area contributed by atoms with E-state index >= 15 is 0 Å². The maximum Gasteiger partial charge on any atom is 0.119 e. The lowest BCUT2D eigenvalue weighted by Gasteiger charge is -2.06. The van der Waals surface area contributed by atoms with Crippen LogP contribution in [0.1, 0.15) is 12.0 Å². The average Bonchev–Trinajstić information content (AvgIpc) is 2.39. The largest absolute Gasteiger partial charge is 0.508 e. The molecule has 0 amide bonds. The summed E-state index contributed by atoms with van der Waals surface area (Å²) in [6.07, 6.45) is 1.88. The molecule has 2 aromatic rings. The van der Waals surface area contributed by atoms with E-state index in [1.54, 1.807) is 12.1 Å². The van der Waals surface area contributed by atoms with Crippen molar-refractivity contribution in [3.63, 3.8) is 0 Å². The predicted molar refractivity (Wildman–Crippen MR) is 72.8 cm³/mol. The summed E-state index contributed by atoms with van der Waals surface area (Å²) in [4.78, 5) is 0. The average molecular weight is 243 g/mol. The smallest absolute Gasteiger partial charge is 0.119 e. The van der Waals surface area contributed by atoms with Gasteiger partial charge in [-0.3, -0.25) is 0 Å². The molecule has 2 rings (SSSR count). The van der Waals surface area contributed by atoms with Crippen molar-refractivity contribution in [1.82, 2.24) is 0 Å². The number of phenols is 1. The van der Waals surface area contributed by atoms with Gasteiger partial charge < -0.3 is 15.6 Å². The zero-order valence-electron chi connectivity index (χ0n) is 10.2. The first-order chi connectivity index (χ1) is 8.74. The minimum Gasteiger partial charge on any atom is -0.508 e. The number of aryl methyl sites for hydroxylation is 1. The molecule has 0 aliphatic carbocycles. The maximum absolute atomic E-state index is 9.16. The number of rotatable bonds is 5. The number of phenolic OH excluding ortho intramolecular Hbond substituents is 1. The highest BCUT2D eigenvalue weighted by atomic mass is 16.5. The fourth-order valence-corrected chi connectivity index (χ4v) is 1.69. The van der Waals surface area contributed by atoms with Gasteiger partial charge in [-0.15, -0.1) is 0 Å². The van der Waals surface area contributed by atoms with Gasteiger partial charge in [0.05, 0.1) is 6.61 Å². The van der Waals surface area contributed by atoms with Gasteiger partial charge in [-0.1, -0.05) is 12.1 Å². The summed E-state index contributed by atoms with van der Waals surface area (Å²) in [5.41, 5.74) is 7.54. The van der Waals surface area contributed by atoms with Crippen LogP contribution >= 0.6 is 0 Å². The van der Waals surface area contributed by atoms with Crippen molar-refractivity contribution in [3.05, 3.63) is 54.1 Å². The highest BCUT2D eigenvalue weighted by Crippen LogP contribution is 2.14. The number of ether oxygens (including phenoxy) is 1. The van der Waals surface area contributed by atoms with Crippen LogP contribution in [0.2, 0.25) is 0 Å². The Balaban J connectivity index is 1.73. The molecule has 0 heterocycles.